The summed E-state index contributed by atoms with van der Waals surface area (Å²) in [5.41, 5.74) is 0. The summed E-state index contributed by atoms with van der Waals surface area (Å²) in [7, 11) is -13.2. The fourth-order valence-electron chi connectivity index (χ4n) is 7.51. The Morgan fingerprint density at radius 3 is 0.444 bits per heavy atom. The molecule has 0 saturated carbocycles. The molecule has 81 heavy (non-hydrogen) atoms. The van der Waals surface area contributed by atoms with Gasteiger partial charge in [-0.05, 0) is 48.5 Å². The van der Waals surface area contributed by atoms with Crippen molar-refractivity contribution < 1.29 is 103 Å². The second kappa shape index (κ2) is 38.0. The topological polar surface area (TPSA) is 184 Å². The van der Waals surface area contributed by atoms with Gasteiger partial charge in [0.05, 0.1) is 0 Å². The van der Waals surface area contributed by atoms with Crippen LogP contribution < -0.4 is 84.6 Å². The van der Waals surface area contributed by atoms with Crippen LogP contribution in [-0.4, -0.2) is 29.3 Å². The van der Waals surface area contributed by atoms with Crippen LogP contribution in [0.2, 0.25) is 0 Å². The summed E-state index contributed by atoms with van der Waals surface area (Å²) in [5.74, 6) is 0. The van der Waals surface area contributed by atoms with Gasteiger partial charge in [0.1, 0.15) is 0 Å². The van der Waals surface area contributed by atoms with Gasteiger partial charge in [0.2, 0.25) is 0 Å². The van der Waals surface area contributed by atoms with Crippen LogP contribution in [0.5, 0.6) is 0 Å². The van der Waals surface area contributed by atoms with E-state index in [4.69, 9.17) is 37.3 Å². The monoisotopic (exact) mass is 1650 g/mol. The maximum absolute atomic E-state index is 8.49. The average molecular weight is 1650 g/mol. The van der Waals surface area contributed by atoms with E-state index >= 15 is 0 Å². The van der Waals surface area contributed by atoms with Gasteiger partial charge >= 0.3 is 260 Å². The van der Waals surface area contributed by atoms with Gasteiger partial charge in [-0.2, -0.15) is 41.2 Å². The Labute approximate surface area is 526 Å². The van der Waals surface area contributed by atoms with Gasteiger partial charge < -0.3 is 7.43 Å². The molecule has 10 aromatic rings. The van der Waals surface area contributed by atoms with Gasteiger partial charge in [0.15, 0.2) is 0 Å². The van der Waals surface area contributed by atoms with Crippen molar-refractivity contribution in [3.63, 3.8) is 0 Å². The number of hydrogen-bond acceptors (Lipinski definition) is 8. The molecule has 0 unspecified atom stereocenters. The molecular formula is C65H61As2Au2Cl2O8P2-2. The third kappa shape index (κ3) is 27.0. The molecule has 0 spiro atoms. The summed E-state index contributed by atoms with van der Waals surface area (Å²) in [6.45, 7) is 17.2. The Balaban J connectivity index is 0.000000346. The molecule has 0 atom stereocenters. The fraction of sp³-hybridized carbons (Fsp3) is 0. The summed E-state index contributed by atoms with van der Waals surface area (Å²) in [6, 6.07) is 107. The molecule has 0 N–H and O–H groups in total. The number of hydrogen-bond donors (Lipinski definition) is 0. The normalized spacial score (nSPS) is 10.6. The van der Waals surface area contributed by atoms with Crippen molar-refractivity contribution >= 4 is 91.2 Å². The quantitative estimate of drug-likeness (QED) is 0.113. The number of halogens is 2. The summed E-state index contributed by atoms with van der Waals surface area (Å²) in [4.78, 5) is 0. The van der Waals surface area contributed by atoms with E-state index in [1.807, 2.05) is 72.8 Å². The van der Waals surface area contributed by atoms with E-state index in [-0.39, 0.29) is 52.2 Å². The first kappa shape index (κ1) is 73.0. The van der Waals surface area contributed by atoms with Crippen LogP contribution in [0.1, 0.15) is 0 Å². The van der Waals surface area contributed by atoms with Gasteiger partial charge in [-0.3, -0.25) is 0 Å². The van der Waals surface area contributed by atoms with E-state index in [2.05, 4.69) is 257 Å². The minimum absolute atomic E-state index is 0. The van der Waals surface area contributed by atoms with Crippen molar-refractivity contribution in [2.45, 2.75) is 0 Å². The van der Waals surface area contributed by atoms with Crippen LogP contribution in [-0.2, 0) is 44.8 Å². The first-order valence-corrected chi connectivity index (χ1v) is 36.3. The van der Waals surface area contributed by atoms with Crippen LogP contribution >= 0.6 is 14.5 Å². The molecule has 0 aliphatic rings. The summed E-state index contributed by atoms with van der Waals surface area (Å²) >= 11 is -2.78. The zero-order valence-electron chi connectivity index (χ0n) is 44.1. The summed E-state index contributed by atoms with van der Waals surface area (Å²) < 4.78 is 76.8. The molecule has 16 heteroatoms. The Morgan fingerprint density at radius 2 is 0.333 bits per heavy atom. The molecule has 0 saturated heterocycles. The van der Waals surface area contributed by atoms with E-state index < -0.39 is 64.3 Å². The first-order valence-electron chi connectivity index (χ1n) is 23.8. The Hall–Kier alpha value is -4.08. The summed E-state index contributed by atoms with van der Waals surface area (Å²) in [5, 5.41) is 4.99. The molecule has 0 aromatic heterocycles. The molecule has 0 amide bonds. The Morgan fingerprint density at radius 1 is 0.235 bits per heavy atom. The van der Waals surface area contributed by atoms with Crippen molar-refractivity contribution in [2.75, 3.05) is 0 Å². The van der Waals surface area contributed by atoms with Gasteiger partial charge in [-0.15, -0.1) is 20.5 Å². The van der Waals surface area contributed by atoms with Crippen molar-refractivity contribution in [3.05, 3.63) is 337 Å². The molecule has 0 aliphatic heterocycles. The SMILES string of the molecule is [Au+3].[Au].[CH2-][P+]([CH2-])(c1ccccc1)c1ccccc1.[CH2-][P+]([CH2-])(c1ccccc1)c1ccccc1.[CH3-].[O-][Cl+3]([O-])([O-])[O-].[O-][Cl+3]([O-])([O-])[O-].c1ccc([As](c2ccccc2)c2ccccc2)cc1.c1ccc([As](c2ccccc2)c2ccccc2)cc1. The molecule has 10 aromatic carbocycles. The van der Waals surface area contributed by atoms with E-state index in [1.165, 1.54) is 47.3 Å². The van der Waals surface area contributed by atoms with E-state index in [1.54, 1.807) is 0 Å². The van der Waals surface area contributed by atoms with Crippen LogP contribution in [0, 0.1) is 54.6 Å². The number of benzene rings is 10. The van der Waals surface area contributed by atoms with Gasteiger partial charge in [0.25, 0.3) is 0 Å². The molecule has 0 aliphatic carbocycles. The molecule has 0 fully saturated rings. The second-order valence-corrected chi connectivity index (χ2v) is 33.5. The zero-order valence-corrected chi connectivity index (χ0v) is 55.5. The second-order valence-electron chi connectivity index (χ2n) is 16.7. The van der Waals surface area contributed by atoms with E-state index in [0.29, 0.717) is 0 Å². The minimum atomic E-state index is -4.94. The third-order valence-electron chi connectivity index (χ3n) is 11.1. The predicted molar refractivity (Wildman–Crippen MR) is 314 cm³/mol. The van der Waals surface area contributed by atoms with Crippen LogP contribution in [0.15, 0.2) is 303 Å². The molecular weight excluding hydrogens is 1590 g/mol. The zero-order chi connectivity index (χ0) is 56.3. The average Bonchev–Trinajstić information content (AvgIpc) is 3.53. The molecule has 427 valence electrons. The summed E-state index contributed by atoms with van der Waals surface area (Å²) in [6.07, 6.45) is 0. The van der Waals surface area contributed by atoms with Crippen LogP contribution in [0.3, 0.4) is 0 Å². The predicted octanol–water partition coefficient (Wildman–Crippen LogP) is 1.82. The van der Waals surface area contributed by atoms with Crippen molar-refractivity contribution in [3.8, 4) is 0 Å². The van der Waals surface area contributed by atoms with E-state index in [9.17, 15) is 0 Å². The third-order valence-corrected chi connectivity index (χ3v) is 26.5. The molecule has 8 nitrogen and oxygen atoms in total. The van der Waals surface area contributed by atoms with Crippen molar-refractivity contribution in [1.82, 2.24) is 0 Å². The van der Waals surface area contributed by atoms with Gasteiger partial charge in [-0.25, -0.2) is 37.3 Å². The maximum atomic E-state index is 8.49. The van der Waals surface area contributed by atoms with Crippen LogP contribution in [0.4, 0.5) is 0 Å². The molecule has 0 bridgehead atoms. The van der Waals surface area contributed by atoms with Crippen LogP contribution in [0.25, 0.3) is 0 Å². The van der Waals surface area contributed by atoms with E-state index in [0.717, 1.165) is 0 Å². The molecule has 0 heterocycles. The van der Waals surface area contributed by atoms with Gasteiger partial charge in [-0.1, -0.05) is 72.8 Å². The van der Waals surface area contributed by atoms with Gasteiger partial charge in [0, 0.05) is 43.6 Å². The number of rotatable bonds is 10. The standard InChI is InChI=1S/2C18H15As.2C14H14P.CH3.2Au.2ClHO4/c2*1-4-10-16(11-5-1)19(17-12-6-2-7-13-17)18-14-8-3-9-15-18;2*1-15(2,13-9-5-3-6-10-13)14-11-7-4-8-12-14;;;;2*2-1(3,4)5/h2*1-15H;2*3-12H,1-2H2;1H3;;;2*(H,2,3,4,5)/q;;3*-1;;+3;;/p-2. The Kier molecular flexibility index (Phi) is 34.2. The fourth-order valence-corrected chi connectivity index (χ4v) is 20.7. The van der Waals surface area contributed by atoms with Crippen molar-refractivity contribution in [2.24, 2.45) is 0 Å². The molecule has 1 radical (unpaired) electrons. The Bertz CT molecular complexity index is 2650. The first-order chi connectivity index (χ1) is 37.3. The molecule has 10 rings (SSSR count). The van der Waals surface area contributed by atoms with Crippen molar-refractivity contribution in [1.29, 1.82) is 0 Å².